The molecule has 0 aliphatic heterocycles. The maximum Gasteiger partial charge on any atom is 0.252 e. The normalized spacial score (nSPS) is 12.1. The summed E-state index contributed by atoms with van der Waals surface area (Å²) in [5.41, 5.74) is 3.31. The molecule has 0 aliphatic carbocycles. The number of carbonyl (C=O) groups is 1. The fraction of sp³-hybridized carbons (Fsp3) is 0.174. The monoisotopic (exact) mass is 403 g/mol. The van der Waals surface area contributed by atoms with Gasteiger partial charge in [0, 0.05) is 22.4 Å². The van der Waals surface area contributed by atoms with E-state index in [1.165, 1.54) is 11.3 Å². The Hall–Kier alpha value is -3.25. The molecule has 2 aromatic heterocycles. The Morgan fingerprint density at radius 1 is 1.14 bits per heavy atom. The predicted octanol–water partition coefficient (Wildman–Crippen LogP) is 5.02. The van der Waals surface area contributed by atoms with Gasteiger partial charge in [-0.2, -0.15) is 0 Å². The highest BCUT2D eigenvalue weighted by molar-refractivity contribution is 7.14. The van der Waals surface area contributed by atoms with Gasteiger partial charge in [-0.1, -0.05) is 55.5 Å². The molecule has 29 heavy (non-hydrogen) atoms. The Labute approximate surface area is 172 Å². The highest BCUT2D eigenvalue weighted by atomic mass is 32.1. The number of carbonyl (C=O) groups excluding carboxylic acids is 1. The van der Waals surface area contributed by atoms with Crippen LogP contribution in [0.25, 0.3) is 22.2 Å². The van der Waals surface area contributed by atoms with Crippen molar-refractivity contribution in [3.8, 4) is 11.3 Å². The molecule has 0 spiro atoms. The second-order valence-electron chi connectivity index (χ2n) is 6.87. The van der Waals surface area contributed by atoms with Gasteiger partial charge in [-0.15, -0.1) is 11.3 Å². The Kier molecular flexibility index (Phi) is 5.27. The number of para-hydroxylation sites is 1. The summed E-state index contributed by atoms with van der Waals surface area (Å²) in [5.74, 6) is -0.238. The summed E-state index contributed by atoms with van der Waals surface area (Å²) in [7, 11) is 0. The number of aryl methyl sites for hydroxylation is 1. The zero-order valence-electron chi connectivity index (χ0n) is 16.3. The number of amides is 1. The summed E-state index contributed by atoms with van der Waals surface area (Å²) in [6.07, 6.45) is 0.496. The molecule has 0 bridgehead atoms. The minimum atomic E-state index is -0.614. The lowest BCUT2D eigenvalue weighted by molar-refractivity contribution is -0.119. The minimum Gasteiger partial charge on any atom is -0.300 e. The molecule has 0 aliphatic rings. The highest BCUT2D eigenvalue weighted by Crippen LogP contribution is 2.26. The zero-order chi connectivity index (χ0) is 20.4. The van der Waals surface area contributed by atoms with E-state index in [-0.39, 0.29) is 11.5 Å². The number of anilines is 1. The van der Waals surface area contributed by atoms with E-state index in [2.05, 4.69) is 10.3 Å². The van der Waals surface area contributed by atoms with E-state index in [1.807, 2.05) is 73.8 Å². The third kappa shape index (κ3) is 3.71. The molecule has 6 heteroatoms. The highest BCUT2D eigenvalue weighted by Gasteiger charge is 2.23. The van der Waals surface area contributed by atoms with Gasteiger partial charge in [0.15, 0.2) is 5.13 Å². The first-order valence-corrected chi connectivity index (χ1v) is 10.4. The SMILES string of the molecule is CCC(C(=O)Nc1nc(-c2ccccc2)cs1)n1c(=O)cc(C)c2ccccc21. The van der Waals surface area contributed by atoms with Gasteiger partial charge in [0.25, 0.3) is 5.56 Å². The Bertz CT molecular complexity index is 1230. The van der Waals surface area contributed by atoms with Crippen molar-refractivity contribution < 1.29 is 4.79 Å². The van der Waals surface area contributed by atoms with Crippen LogP contribution in [0.2, 0.25) is 0 Å². The molecule has 0 saturated carbocycles. The second-order valence-corrected chi connectivity index (χ2v) is 7.73. The van der Waals surface area contributed by atoms with E-state index in [9.17, 15) is 9.59 Å². The number of pyridine rings is 1. The van der Waals surface area contributed by atoms with Crippen molar-refractivity contribution in [1.29, 1.82) is 0 Å². The van der Waals surface area contributed by atoms with Crippen LogP contribution in [-0.4, -0.2) is 15.5 Å². The van der Waals surface area contributed by atoms with Crippen LogP contribution in [0.4, 0.5) is 5.13 Å². The van der Waals surface area contributed by atoms with Crippen LogP contribution < -0.4 is 10.9 Å². The molecular formula is C23H21N3O2S. The van der Waals surface area contributed by atoms with E-state index >= 15 is 0 Å². The van der Waals surface area contributed by atoms with Crippen molar-refractivity contribution in [1.82, 2.24) is 9.55 Å². The first-order chi connectivity index (χ1) is 14.1. The number of nitrogens with one attached hydrogen (secondary N) is 1. The molecule has 1 amide bonds. The standard InChI is InChI=1S/C23H21N3O2S/c1-3-19(26-20-12-8-7-11-17(20)15(2)13-21(26)27)22(28)25-23-24-18(14-29-23)16-9-5-4-6-10-16/h4-14,19H,3H2,1-2H3,(H,24,25,28). The number of hydrogen-bond donors (Lipinski definition) is 1. The van der Waals surface area contributed by atoms with Gasteiger partial charge in [-0.3, -0.25) is 14.2 Å². The Morgan fingerprint density at radius 2 is 1.86 bits per heavy atom. The van der Waals surface area contributed by atoms with Crippen LogP contribution in [-0.2, 0) is 4.79 Å². The maximum absolute atomic E-state index is 13.1. The van der Waals surface area contributed by atoms with Crippen molar-refractivity contribution in [2.45, 2.75) is 26.3 Å². The molecule has 5 nitrogen and oxygen atoms in total. The Balaban J connectivity index is 1.66. The van der Waals surface area contributed by atoms with E-state index in [0.717, 1.165) is 27.7 Å². The third-order valence-electron chi connectivity index (χ3n) is 4.97. The van der Waals surface area contributed by atoms with E-state index in [4.69, 9.17) is 0 Å². The minimum absolute atomic E-state index is 0.174. The number of thiazole rings is 1. The van der Waals surface area contributed by atoms with Crippen molar-refractivity contribution in [3.05, 3.63) is 82.0 Å². The fourth-order valence-electron chi connectivity index (χ4n) is 3.54. The van der Waals surface area contributed by atoms with Gasteiger partial charge in [0.1, 0.15) is 6.04 Å². The quantitative estimate of drug-likeness (QED) is 0.509. The topological polar surface area (TPSA) is 64.0 Å². The van der Waals surface area contributed by atoms with Gasteiger partial charge in [0.05, 0.1) is 11.2 Å². The average molecular weight is 404 g/mol. The molecule has 1 N–H and O–H groups in total. The van der Waals surface area contributed by atoms with Gasteiger partial charge >= 0.3 is 0 Å². The van der Waals surface area contributed by atoms with Crippen LogP contribution >= 0.6 is 11.3 Å². The van der Waals surface area contributed by atoms with Crippen molar-refractivity contribution in [2.75, 3.05) is 5.32 Å². The largest absolute Gasteiger partial charge is 0.300 e. The van der Waals surface area contributed by atoms with E-state index < -0.39 is 6.04 Å². The molecule has 2 heterocycles. The van der Waals surface area contributed by atoms with Crippen LogP contribution in [0.1, 0.15) is 24.9 Å². The number of hydrogen-bond acceptors (Lipinski definition) is 4. The van der Waals surface area contributed by atoms with Crippen molar-refractivity contribution in [3.63, 3.8) is 0 Å². The van der Waals surface area contributed by atoms with Gasteiger partial charge in [-0.05, 0) is 25.0 Å². The summed E-state index contributed by atoms with van der Waals surface area (Å²) >= 11 is 1.38. The summed E-state index contributed by atoms with van der Waals surface area (Å²) in [6.45, 7) is 3.82. The molecule has 4 aromatic rings. The number of rotatable bonds is 5. The van der Waals surface area contributed by atoms with Crippen molar-refractivity contribution in [2.24, 2.45) is 0 Å². The predicted molar refractivity (Wildman–Crippen MR) is 118 cm³/mol. The van der Waals surface area contributed by atoms with Crippen LogP contribution in [0.15, 0.2) is 70.8 Å². The zero-order valence-corrected chi connectivity index (χ0v) is 17.1. The van der Waals surface area contributed by atoms with Crippen molar-refractivity contribution >= 4 is 33.3 Å². The average Bonchev–Trinajstić information content (AvgIpc) is 3.20. The number of nitrogens with zero attached hydrogens (tertiary/aromatic N) is 2. The summed E-state index contributed by atoms with van der Waals surface area (Å²) in [5, 5.41) is 6.31. The first kappa shape index (κ1) is 19.1. The second kappa shape index (κ2) is 8.01. The van der Waals surface area contributed by atoms with Gasteiger partial charge in [0.2, 0.25) is 5.91 Å². The first-order valence-electron chi connectivity index (χ1n) is 9.51. The molecule has 1 atom stereocenters. The van der Waals surface area contributed by atoms with E-state index in [0.29, 0.717) is 11.6 Å². The van der Waals surface area contributed by atoms with Crippen LogP contribution in [0.5, 0.6) is 0 Å². The van der Waals surface area contributed by atoms with Crippen LogP contribution in [0, 0.1) is 6.92 Å². The maximum atomic E-state index is 13.1. The van der Waals surface area contributed by atoms with Gasteiger partial charge in [-0.25, -0.2) is 4.98 Å². The molecule has 4 rings (SSSR count). The lowest BCUT2D eigenvalue weighted by Gasteiger charge is -2.20. The number of aromatic nitrogens is 2. The number of fused-ring (bicyclic) bond motifs is 1. The lowest BCUT2D eigenvalue weighted by atomic mass is 10.1. The third-order valence-corrected chi connectivity index (χ3v) is 5.73. The molecule has 1 unspecified atom stereocenters. The summed E-state index contributed by atoms with van der Waals surface area (Å²) in [6, 6.07) is 18.5. The Morgan fingerprint density at radius 3 is 2.62 bits per heavy atom. The molecule has 0 radical (unpaired) electrons. The fourth-order valence-corrected chi connectivity index (χ4v) is 4.26. The van der Waals surface area contributed by atoms with Crippen LogP contribution in [0.3, 0.4) is 0 Å². The molecule has 0 fully saturated rings. The molecule has 2 aromatic carbocycles. The summed E-state index contributed by atoms with van der Waals surface area (Å²) < 4.78 is 1.59. The smallest absolute Gasteiger partial charge is 0.252 e. The van der Waals surface area contributed by atoms with Gasteiger partial charge < -0.3 is 5.32 Å². The molecular weight excluding hydrogens is 382 g/mol. The number of benzene rings is 2. The molecule has 146 valence electrons. The van der Waals surface area contributed by atoms with E-state index in [1.54, 1.807) is 10.6 Å². The molecule has 0 saturated heterocycles. The summed E-state index contributed by atoms with van der Waals surface area (Å²) in [4.78, 5) is 30.4. The lowest BCUT2D eigenvalue weighted by Crippen LogP contribution is -2.33.